The number of benzene rings is 2. The van der Waals surface area contributed by atoms with Gasteiger partial charge >= 0.3 is 6.36 Å². The summed E-state index contributed by atoms with van der Waals surface area (Å²) in [6, 6.07) is 11.2. The van der Waals surface area contributed by atoms with Crippen LogP contribution in [0.4, 0.5) is 19.0 Å². The molecule has 0 spiro atoms. The van der Waals surface area contributed by atoms with Gasteiger partial charge in [-0.1, -0.05) is 37.2 Å². The molecule has 25 heavy (non-hydrogen) atoms. The van der Waals surface area contributed by atoms with Gasteiger partial charge in [0.05, 0.1) is 5.39 Å². The van der Waals surface area contributed by atoms with Crippen LogP contribution in [0.5, 0.6) is 5.75 Å². The van der Waals surface area contributed by atoms with Crippen LogP contribution in [0.25, 0.3) is 22.1 Å². The van der Waals surface area contributed by atoms with E-state index < -0.39 is 6.36 Å². The van der Waals surface area contributed by atoms with E-state index in [1.807, 2.05) is 45.0 Å². The van der Waals surface area contributed by atoms with E-state index in [9.17, 15) is 13.2 Å². The zero-order valence-electron chi connectivity index (χ0n) is 14.4. The van der Waals surface area contributed by atoms with Gasteiger partial charge in [0.1, 0.15) is 5.75 Å². The molecule has 1 heterocycles. The molecule has 0 saturated heterocycles. The van der Waals surface area contributed by atoms with E-state index in [0.717, 1.165) is 16.5 Å². The van der Waals surface area contributed by atoms with Crippen LogP contribution in [-0.2, 0) is 0 Å². The van der Waals surface area contributed by atoms with E-state index in [0.29, 0.717) is 11.4 Å². The molecule has 0 aliphatic heterocycles. The molecule has 3 rings (SSSR count). The van der Waals surface area contributed by atoms with Crippen LogP contribution in [0, 0.1) is 0 Å². The van der Waals surface area contributed by atoms with Crippen LogP contribution in [0.1, 0.15) is 13.8 Å². The molecule has 134 valence electrons. The largest absolute Gasteiger partial charge is 0.573 e. The predicted molar refractivity (Wildman–Crippen MR) is 91.8 cm³/mol. The average molecular weight is 352 g/mol. The van der Waals surface area contributed by atoms with E-state index >= 15 is 0 Å². The Bertz CT molecular complexity index is 824. The van der Waals surface area contributed by atoms with Crippen molar-refractivity contribution in [1.29, 1.82) is 0 Å². The number of ether oxygens (including phenoxy) is 1. The van der Waals surface area contributed by atoms with Gasteiger partial charge in [-0.2, -0.15) is 0 Å². The normalized spacial score (nSPS) is 11.0. The van der Waals surface area contributed by atoms with Gasteiger partial charge in [-0.3, -0.25) is 0 Å². The summed E-state index contributed by atoms with van der Waals surface area (Å²) in [6.45, 7) is 4.00. The third-order valence-corrected chi connectivity index (χ3v) is 3.30. The number of hydrogen-bond donors (Lipinski definition) is 0. The first-order chi connectivity index (χ1) is 11.8. The smallest absolute Gasteiger partial charge is 0.406 e. The molecule has 1 aromatic heterocycles. The van der Waals surface area contributed by atoms with Gasteiger partial charge in [0.2, 0.25) is 0 Å². The fraction of sp³-hybridized carbons (Fsp3) is 0.278. The molecular formula is C18H19F3N2O2. The second-order valence-electron chi connectivity index (χ2n) is 5.18. The van der Waals surface area contributed by atoms with Gasteiger partial charge < -0.3 is 14.2 Å². The molecule has 7 heteroatoms. The molecule has 0 fully saturated rings. The SMILES string of the molecule is CC.CN(C)c1noc2ccc(-c3ccc(OC(F)(F)F)cc3)cc12. The molecule has 0 aliphatic rings. The van der Waals surface area contributed by atoms with Crippen molar-refractivity contribution in [3.05, 3.63) is 42.5 Å². The lowest BCUT2D eigenvalue weighted by molar-refractivity contribution is -0.274. The number of anilines is 1. The maximum atomic E-state index is 12.2. The van der Waals surface area contributed by atoms with Crippen molar-refractivity contribution in [1.82, 2.24) is 5.16 Å². The number of nitrogens with zero attached hydrogens (tertiary/aromatic N) is 2. The quantitative estimate of drug-likeness (QED) is 0.625. The summed E-state index contributed by atoms with van der Waals surface area (Å²) in [6.07, 6.45) is -4.69. The standard InChI is InChI=1S/C16H13F3N2O2.C2H6/c1-21(2)15-13-9-11(5-8-14(13)23-20-15)10-3-6-12(7-4-10)22-16(17,18)19;1-2/h3-9H,1-2H3;1-2H3. The zero-order valence-corrected chi connectivity index (χ0v) is 14.4. The van der Waals surface area contributed by atoms with E-state index in [4.69, 9.17) is 4.52 Å². The summed E-state index contributed by atoms with van der Waals surface area (Å²) in [4.78, 5) is 1.83. The summed E-state index contributed by atoms with van der Waals surface area (Å²) in [7, 11) is 3.71. The topological polar surface area (TPSA) is 38.5 Å². The molecular weight excluding hydrogens is 333 g/mol. The second kappa shape index (κ2) is 7.46. The number of rotatable bonds is 3. The number of aromatic nitrogens is 1. The maximum absolute atomic E-state index is 12.2. The van der Waals surface area contributed by atoms with Crippen LogP contribution in [-0.4, -0.2) is 25.6 Å². The van der Waals surface area contributed by atoms with Gasteiger partial charge in [0.15, 0.2) is 11.4 Å². The molecule has 3 aromatic rings. The third-order valence-electron chi connectivity index (χ3n) is 3.30. The number of hydrogen-bond acceptors (Lipinski definition) is 4. The maximum Gasteiger partial charge on any atom is 0.573 e. The van der Waals surface area contributed by atoms with Crippen LogP contribution in [0.3, 0.4) is 0 Å². The number of halogens is 3. The molecule has 0 bridgehead atoms. The van der Waals surface area contributed by atoms with E-state index in [-0.39, 0.29) is 5.75 Å². The minimum atomic E-state index is -4.69. The molecule has 2 aromatic carbocycles. The Hall–Kier alpha value is -2.70. The Morgan fingerprint density at radius 2 is 1.56 bits per heavy atom. The van der Waals surface area contributed by atoms with Gasteiger partial charge in [-0.05, 0) is 35.4 Å². The van der Waals surface area contributed by atoms with Crippen molar-refractivity contribution in [3.8, 4) is 16.9 Å². The van der Waals surface area contributed by atoms with Gasteiger partial charge in [0, 0.05) is 14.1 Å². The highest BCUT2D eigenvalue weighted by atomic mass is 19.4. The van der Waals surface area contributed by atoms with E-state index in [2.05, 4.69) is 9.89 Å². The summed E-state index contributed by atoms with van der Waals surface area (Å²) in [5.41, 5.74) is 2.27. The van der Waals surface area contributed by atoms with Gasteiger partial charge in [-0.25, -0.2) is 0 Å². The fourth-order valence-electron chi connectivity index (χ4n) is 2.28. The van der Waals surface area contributed by atoms with Crippen molar-refractivity contribution in [3.63, 3.8) is 0 Å². The monoisotopic (exact) mass is 352 g/mol. The summed E-state index contributed by atoms with van der Waals surface area (Å²) < 4.78 is 45.6. The average Bonchev–Trinajstić information content (AvgIpc) is 2.99. The lowest BCUT2D eigenvalue weighted by atomic mass is 10.0. The van der Waals surface area contributed by atoms with Crippen molar-refractivity contribution in [2.75, 3.05) is 19.0 Å². The summed E-state index contributed by atoms with van der Waals surface area (Å²) >= 11 is 0. The lowest BCUT2D eigenvalue weighted by Gasteiger charge is -2.10. The fourth-order valence-corrected chi connectivity index (χ4v) is 2.28. The van der Waals surface area contributed by atoms with Gasteiger partial charge in [0.25, 0.3) is 0 Å². The summed E-state index contributed by atoms with van der Waals surface area (Å²) in [5.74, 6) is 0.445. The highest BCUT2D eigenvalue weighted by Crippen LogP contribution is 2.31. The number of alkyl halides is 3. The highest BCUT2D eigenvalue weighted by Gasteiger charge is 2.30. The second-order valence-corrected chi connectivity index (χ2v) is 5.18. The Morgan fingerprint density at radius 3 is 2.12 bits per heavy atom. The highest BCUT2D eigenvalue weighted by molar-refractivity contribution is 5.92. The predicted octanol–water partition coefficient (Wildman–Crippen LogP) is 5.49. The molecule has 0 aliphatic carbocycles. The Kier molecular flexibility index (Phi) is 5.56. The first kappa shape index (κ1) is 18.6. The van der Waals surface area contributed by atoms with Crippen LogP contribution < -0.4 is 9.64 Å². The van der Waals surface area contributed by atoms with Gasteiger partial charge in [-0.15, -0.1) is 13.2 Å². The third kappa shape index (κ3) is 4.43. The minimum Gasteiger partial charge on any atom is -0.406 e. The lowest BCUT2D eigenvalue weighted by Crippen LogP contribution is -2.16. The van der Waals surface area contributed by atoms with E-state index in [1.54, 1.807) is 18.2 Å². The molecule has 0 amide bonds. The first-order valence-corrected chi connectivity index (χ1v) is 7.76. The Labute approximate surface area is 143 Å². The van der Waals surface area contributed by atoms with Crippen molar-refractivity contribution < 1.29 is 22.4 Å². The molecule has 0 saturated carbocycles. The first-order valence-electron chi connectivity index (χ1n) is 7.76. The van der Waals surface area contributed by atoms with Crippen LogP contribution >= 0.6 is 0 Å². The molecule has 0 atom stereocenters. The van der Waals surface area contributed by atoms with E-state index in [1.165, 1.54) is 12.1 Å². The Morgan fingerprint density at radius 1 is 0.960 bits per heavy atom. The molecule has 0 radical (unpaired) electrons. The van der Waals surface area contributed by atoms with Crippen LogP contribution in [0.2, 0.25) is 0 Å². The van der Waals surface area contributed by atoms with Crippen molar-refractivity contribution >= 4 is 16.8 Å². The van der Waals surface area contributed by atoms with Crippen LogP contribution in [0.15, 0.2) is 47.0 Å². The summed E-state index contributed by atoms with van der Waals surface area (Å²) in [5, 5.41) is 4.83. The Balaban J connectivity index is 0.00000109. The minimum absolute atomic E-state index is 0.249. The molecule has 0 unspecified atom stereocenters. The van der Waals surface area contributed by atoms with Crippen molar-refractivity contribution in [2.45, 2.75) is 20.2 Å². The number of fused-ring (bicyclic) bond motifs is 1. The van der Waals surface area contributed by atoms with Crippen molar-refractivity contribution in [2.24, 2.45) is 0 Å². The molecule has 0 N–H and O–H groups in total. The zero-order chi connectivity index (χ0) is 18.6. The molecule has 4 nitrogen and oxygen atoms in total.